The largest absolute Gasteiger partial charge is 0.354 e. The highest BCUT2D eigenvalue weighted by Crippen LogP contribution is 2.31. The summed E-state index contributed by atoms with van der Waals surface area (Å²) in [5.74, 6) is 1.30. The molecule has 1 aliphatic rings. The minimum absolute atomic E-state index is 0.536. The molecular weight excluding hydrogens is 300 g/mol. The maximum absolute atomic E-state index is 9.66. The number of nitriles is 1. The molecule has 3 rings (SSSR count). The minimum atomic E-state index is 0.536. The van der Waals surface area contributed by atoms with Crippen molar-refractivity contribution in [2.75, 3.05) is 18.0 Å². The van der Waals surface area contributed by atoms with Crippen molar-refractivity contribution in [3.8, 4) is 6.07 Å². The summed E-state index contributed by atoms with van der Waals surface area (Å²) in [5, 5.41) is 22.7. The van der Waals surface area contributed by atoms with E-state index in [0.717, 1.165) is 55.8 Å². The standard InChI is InChI=1S/C18H24N6/c1-4-15-16(10-19)18(22-21-17(15)5-2)24-8-6-13(7-9-24)14-11-20-23(3)12-14/h11-13H,4-9H2,1-3H3. The van der Waals surface area contributed by atoms with Gasteiger partial charge >= 0.3 is 0 Å². The molecule has 1 saturated heterocycles. The minimum Gasteiger partial charge on any atom is -0.354 e. The normalized spacial score (nSPS) is 15.5. The lowest BCUT2D eigenvalue weighted by Crippen LogP contribution is -2.34. The number of anilines is 1. The molecule has 3 heterocycles. The summed E-state index contributed by atoms with van der Waals surface area (Å²) in [7, 11) is 1.95. The quantitative estimate of drug-likeness (QED) is 0.864. The predicted molar refractivity (Wildman–Crippen MR) is 92.9 cm³/mol. The van der Waals surface area contributed by atoms with Crippen molar-refractivity contribution in [2.24, 2.45) is 7.05 Å². The number of aromatic nitrogens is 4. The van der Waals surface area contributed by atoms with E-state index in [2.05, 4.69) is 46.3 Å². The molecule has 0 aromatic carbocycles. The average Bonchev–Trinajstić information content (AvgIpc) is 3.06. The van der Waals surface area contributed by atoms with Crippen LogP contribution in [0.2, 0.25) is 0 Å². The van der Waals surface area contributed by atoms with Crippen LogP contribution in [0.15, 0.2) is 12.4 Å². The Hall–Kier alpha value is -2.42. The highest BCUT2D eigenvalue weighted by Gasteiger charge is 2.25. The number of nitrogens with zero attached hydrogens (tertiary/aromatic N) is 6. The van der Waals surface area contributed by atoms with Crippen molar-refractivity contribution >= 4 is 5.82 Å². The molecule has 0 atom stereocenters. The molecule has 6 heteroatoms. The second-order valence-electron chi connectivity index (χ2n) is 6.35. The summed E-state index contributed by atoms with van der Waals surface area (Å²) >= 11 is 0. The lowest BCUT2D eigenvalue weighted by atomic mass is 9.91. The fourth-order valence-corrected chi connectivity index (χ4v) is 3.58. The van der Waals surface area contributed by atoms with Gasteiger partial charge in [0.2, 0.25) is 0 Å². The van der Waals surface area contributed by atoms with Gasteiger partial charge in [-0.1, -0.05) is 13.8 Å². The average molecular weight is 324 g/mol. The van der Waals surface area contributed by atoms with Gasteiger partial charge in [0.05, 0.1) is 11.9 Å². The van der Waals surface area contributed by atoms with Gasteiger partial charge in [0.25, 0.3) is 0 Å². The SMILES string of the molecule is CCc1nnc(N2CCC(c3cnn(C)c3)CC2)c(C#N)c1CC. The molecule has 1 fully saturated rings. The molecular formula is C18H24N6. The van der Waals surface area contributed by atoms with E-state index in [-0.39, 0.29) is 0 Å². The van der Waals surface area contributed by atoms with Crippen LogP contribution in [0.1, 0.15) is 55.0 Å². The van der Waals surface area contributed by atoms with Gasteiger partial charge < -0.3 is 4.90 Å². The van der Waals surface area contributed by atoms with Crippen LogP contribution in [-0.4, -0.2) is 33.1 Å². The van der Waals surface area contributed by atoms with Crippen LogP contribution in [0.25, 0.3) is 0 Å². The fourth-order valence-electron chi connectivity index (χ4n) is 3.58. The van der Waals surface area contributed by atoms with E-state index in [4.69, 9.17) is 0 Å². The summed E-state index contributed by atoms with van der Waals surface area (Å²) < 4.78 is 1.86. The van der Waals surface area contributed by atoms with E-state index >= 15 is 0 Å². The Labute approximate surface area is 143 Å². The Morgan fingerprint density at radius 1 is 1.21 bits per heavy atom. The molecule has 1 aliphatic heterocycles. The molecule has 0 amide bonds. The maximum atomic E-state index is 9.66. The van der Waals surface area contributed by atoms with E-state index in [9.17, 15) is 5.26 Å². The molecule has 0 bridgehead atoms. The van der Waals surface area contributed by atoms with Crippen LogP contribution in [0.3, 0.4) is 0 Å². The number of hydrogen-bond acceptors (Lipinski definition) is 5. The topological polar surface area (TPSA) is 70.6 Å². The predicted octanol–water partition coefficient (Wildman–Crippen LogP) is 2.59. The van der Waals surface area contributed by atoms with Gasteiger partial charge in [-0.15, -0.1) is 5.10 Å². The van der Waals surface area contributed by atoms with Crippen LogP contribution in [0.4, 0.5) is 5.82 Å². The van der Waals surface area contributed by atoms with Crippen molar-refractivity contribution in [3.63, 3.8) is 0 Å². The zero-order valence-corrected chi connectivity index (χ0v) is 14.7. The van der Waals surface area contributed by atoms with Crippen LogP contribution in [-0.2, 0) is 19.9 Å². The fraction of sp³-hybridized carbons (Fsp3) is 0.556. The van der Waals surface area contributed by atoms with Gasteiger partial charge in [-0.3, -0.25) is 4.68 Å². The van der Waals surface area contributed by atoms with Crippen molar-refractivity contribution in [2.45, 2.75) is 45.4 Å². The van der Waals surface area contributed by atoms with Gasteiger partial charge in [-0.25, -0.2) is 0 Å². The monoisotopic (exact) mass is 324 g/mol. The van der Waals surface area contributed by atoms with Crippen molar-refractivity contribution in [1.82, 2.24) is 20.0 Å². The summed E-state index contributed by atoms with van der Waals surface area (Å²) in [4.78, 5) is 2.22. The van der Waals surface area contributed by atoms with E-state index in [0.29, 0.717) is 11.5 Å². The lowest BCUT2D eigenvalue weighted by molar-refractivity contribution is 0.500. The number of rotatable bonds is 4. The molecule has 0 spiro atoms. The third-order valence-electron chi connectivity index (χ3n) is 4.93. The molecule has 0 unspecified atom stereocenters. The molecule has 0 aliphatic carbocycles. The Bertz CT molecular complexity index is 749. The molecule has 6 nitrogen and oxygen atoms in total. The molecule has 0 radical (unpaired) electrons. The molecule has 24 heavy (non-hydrogen) atoms. The number of piperidine rings is 1. The Morgan fingerprint density at radius 2 is 1.96 bits per heavy atom. The third kappa shape index (κ3) is 2.99. The van der Waals surface area contributed by atoms with Gasteiger partial charge in [-0.2, -0.15) is 15.5 Å². The molecule has 0 N–H and O–H groups in total. The Morgan fingerprint density at radius 3 is 2.50 bits per heavy atom. The van der Waals surface area contributed by atoms with Crippen molar-refractivity contribution in [1.29, 1.82) is 5.26 Å². The lowest BCUT2D eigenvalue weighted by Gasteiger charge is -2.33. The van der Waals surface area contributed by atoms with Gasteiger partial charge in [0, 0.05) is 26.3 Å². The van der Waals surface area contributed by atoms with E-state index in [1.165, 1.54) is 5.56 Å². The van der Waals surface area contributed by atoms with Crippen LogP contribution in [0, 0.1) is 11.3 Å². The Balaban J connectivity index is 1.80. The first-order valence-electron chi connectivity index (χ1n) is 8.69. The molecule has 126 valence electrons. The maximum Gasteiger partial charge on any atom is 0.169 e. The second-order valence-corrected chi connectivity index (χ2v) is 6.35. The summed E-state index contributed by atoms with van der Waals surface area (Å²) in [5.41, 5.74) is 4.02. The summed E-state index contributed by atoms with van der Waals surface area (Å²) in [6.45, 7) is 5.94. The molecule has 0 saturated carbocycles. The number of hydrogen-bond donors (Lipinski definition) is 0. The first-order valence-corrected chi connectivity index (χ1v) is 8.69. The zero-order valence-electron chi connectivity index (χ0n) is 14.7. The molecule has 2 aromatic heterocycles. The first-order chi connectivity index (χ1) is 11.7. The van der Waals surface area contributed by atoms with Crippen LogP contribution in [0.5, 0.6) is 0 Å². The van der Waals surface area contributed by atoms with Gasteiger partial charge in [0.15, 0.2) is 5.82 Å². The first kappa shape index (κ1) is 16.4. The van der Waals surface area contributed by atoms with E-state index in [1.807, 2.05) is 17.9 Å². The highest BCUT2D eigenvalue weighted by molar-refractivity contribution is 5.58. The van der Waals surface area contributed by atoms with Crippen LogP contribution >= 0.6 is 0 Å². The summed E-state index contributed by atoms with van der Waals surface area (Å²) in [6.07, 6.45) is 7.80. The highest BCUT2D eigenvalue weighted by atomic mass is 15.3. The van der Waals surface area contributed by atoms with Crippen molar-refractivity contribution in [3.05, 3.63) is 34.8 Å². The van der Waals surface area contributed by atoms with Gasteiger partial charge in [-0.05, 0) is 42.7 Å². The van der Waals surface area contributed by atoms with Crippen molar-refractivity contribution < 1.29 is 0 Å². The smallest absolute Gasteiger partial charge is 0.169 e. The van der Waals surface area contributed by atoms with E-state index in [1.54, 1.807) is 0 Å². The van der Waals surface area contributed by atoms with Crippen LogP contribution < -0.4 is 4.90 Å². The Kier molecular flexibility index (Phi) is 4.79. The zero-order chi connectivity index (χ0) is 17.1. The summed E-state index contributed by atoms with van der Waals surface area (Å²) in [6, 6.07) is 2.38. The van der Waals surface area contributed by atoms with E-state index < -0.39 is 0 Å². The molecule has 2 aromatic rings. The van der Waals surface area contributed by atoms with Gasteiger partial charge in [0.1, 0.15) is 11.6 Å². The third-order valence-corrected chi connectivity index (χ3v) is 4.93. The number of aryl methyl sites for hydroxylation is 2. The second kappa shape index (κ2) is 7.00.